The summed E-state index contributed by atoms with van der Waals surface area (Å²) in [5.41, 5.74) is 3.09. The molecule has 0 atom stereocenters. The molecule has 0 saturated carbocycles. The summed E-state index contributed by atoms with van der Waals surface area (Å²) in [6.07, 6.45) is 2.33. The standard InChI is InChI=1S/C20H24N2O2S/c1-14-5-6-17(19-4-3-11-25-19)13-18(14)21-20(24)12-16-7-9-22(10-8-16)15(2)23/h3-6,11,13,16H,7-10,12H2,1-2H3,(H,21,24). The van der Waals surface area contributed by atoms with Crippen molar-refractivity contribution in [3.63, 3.8) is 0 Å². The number of anilines is 1. The summed E-state index contributed by atoms with van der Waals surface area (Å²) >= 11 is 1.70. The lowest BCUT2D eigenvalue weighted by atomic mass is 9.93. The van der Waals surface area contributed by atoms with Gasteiger partial charge in [-0.2, -0.15) is 0 Å². The highest BCUT2D eigenvalue weighted by Crippen LogP contribution is 2.29. The minimum atomic E-state index is 0.0627. The fourth-order valence-electron chi connectivity index (χ4n) is 3.27. The number of rotatable bonds is 4. The molecule has 132 valence electrons. The average Bonchev–Trinajstić information content (AvgIpc) is 3.12. The molecule has 2 aromatic rings. The molecule has 0 aliphatic carbocycles. The molecule has 1 aromatic carbocycles. The Morgan fingerprint density at radius 3 is 2.64 bits per heavy atom. The Morgan fingerprint density at radius 1 is 1.24 bits per heavy atom. The van der Waals surface area contributed by atoms with Crippen molar-refractivity contribution in [2.75, 3.05) is 18.4 Å². The number of carbonyl (C=O) groups is 2. The molecule has 0 bridgehead atoms. The van der Waals surface area contributed by atoms with Crippen molar-refractivity contribution < 1.29 is 9.59 Å². The number of piperidine rings is 1. The van der Waals surface area contributed by atoms with Crippen molar-refractivity contribution in [3.8, 4) is 10.4 Å². The van der Waals surface area contributed by atoms with Crippen LogP contribution >= 0.6 is 11.3 Å². The normalized spacial score (nSPS) is 15.2. The predicted octanol–water partition coefficient (Wildman–Crippen LogP) is 4.31. The van der Waals surface area contributed by atoms with Crippen molar-refractivity contribution in [1.29, 1.82) is 0 Å². The third-order valence-corrected chi connectivity index (χ3v) is 5.77. The number of amides is 2. The Labute approximate surface area is 152 Å². The molecule has 0 spiro atoms. The van der Waals surface area contributed by atoms with Crippen molar-refractivity contribution in [2.24, 2.45) is 5.92 Å². The van der Waals surface area contributed by atoms with Crippen LogP contribution in [0.4, 0.5) is 5.69 Å². The van der Waals surface area contributed by atoms with Crippen molar-refractivity contribution >= 4 is 28.8 Å². The molecule has 1 aromatic heterocycles. The first kappa shape index (κ1) is 17.7. The predicted molar refractivity (Wildman–Crippen MR) is 103 cm³/mol. The summed E-state index contributed by atoms with van der Waals surface area (Å²) in [6, 6.07) is 10.3. The van der Waals surface area contributed by atoms with Gasteiger partial charge in [0.05, 0.1) is 0 Å². The zero-order valence-corrected chi connectivity index (χ0v) is 15.6. The topological polar surface area (TPSA) is 49.4 Å². The van der Waals surface area contributed by atoms with Crippen LogP contribution in [-0.4, -0.2) is 29.8 Å². The Balaban J connectivity index is 1.60. The zero-order chi connectivity index (χ0) is 17.8. The summed E-state index contributed by atoms with van der Waals surface area (Å²) in [5.74, 6) is 0.549. The van der Waals surface area contributed by atoms with E-state index in [-0.39, 0.29) is 11.8 Å². The van der Waals surface area contributed by atoms with E-state index in [1.807, 2.05) is 17.9 Å². The molecule has 0 unspecified atom stereocenters. The second-order valence-corrected chi connectivity index (χ2v) is 7.66. The van der Waals surface area contributed by atoms with Gasteiger partial charge >= 0.3 is 0 Å². The van der Waals surface area contributed by atoms with E-state index in [0.29, 0.717) is 12.3 Å². The van der Waals surface area contributed by atoms with Crippen LogP contribution in [0.5, 0.6) is 0 Å². The molecule has 1 aliphatic heterocycles. The van der Waals surface area contributed by atoms with Crippen LogP contribution in [0.1, 0.15) is 31.7 Å². The molecule has 3 rings (SSSR count). The molecule has 1 fully saturated rings. The van der Waals surface area contributed by atoms with Crippen LogP contribution in [0.25, 0.3) is 10.4 Å². The summed E-state index contributed by atoms with van der Waals surface area (Å²) in [5, 5.41) is 5.14. The highest BCUT2D eigenvalue weighted by Gasteiger charge is 2.22. The van der Waals surface area contributed by atoms with Gasteiger partial charge in [0, 0.05) is 37.0 Å². The van der Waals surface area contributed by atoms with Gasteiger partial charge < -0.3 is 10.2 Å². The number of thiophene rings is 1. The second kappa shape index (κ2) is 7.83. The average molecular weight is 356 g/mol. The minimum Gasteiger partial charge on any atom is -0.343 e. The van der Waals surface area contributed by atoms with Crippen LogP contribution in [0.15, 0.2) is 35.7 Å². The smallest absolute Gasteiger partial charge is 0.224 e. The van der Waals surface area contributed by atoms with Gasteiger partial charge in [0.1, 0.15) is 0 Å². The van der Waals surface area contributed by atoms with Crippen LogP contribution in [0, 0.1) is 12.8 Å². The SMILES string of the molecule is CC(=O)N1CCC(CC(=O)Nc2cc(-c3cccs3)ccc2C)CC1. The minimum absolute atomic E-state index is 0.0627. The largest absolute Gasteiger partial charge is 0.343 e. The van der Waals surface area contributed by atoms with Crippen molar-refractivity contribution in [3.05, 3.63) is 41.3 Å². The van der Waals surface area contributed by atoms with E-state index in [4.69, 9.17) is 0 Å². The van der Waals surface area contributed by atoms with E-state index in [9.17, 15) is 9.59 Å². The maximum Gasteiger partial charge on any atom is 0.224 e. The second-order valence-electron chi connectivity index (χ2n) is 6.71. The van der Waals surface area contributed by atoms with Gasteiger partial charge in [-0.1, -0.05) is 18.2 Å². The van der Waals surface area contributed by atoms with E-state index >= 15 is 0 Å². The van der Waals surface area contributed by atoms with Crippen LogP contribution in [-0.2, 0) is 9.59 Å². The highest BCUT2D eigenvalue weighted by molar-refractivity contribution is 7.13. The van der Waals surface area contributed by atoms with Crippen LogP contribution in [0.3, 0.4) is 0 Å². The van der Waals surface area contributed by atoms with Gasteiger partial charge in [0.15, 0.2) is 0 Å². The first-order chi connectivity index (χ1) is 12.0. The first-order valence-electron chi connectivity index (χ1n) is 8.73. The molecule has 1 saturated heterocycles. The van der Waals surface area contributed by atoms with Crippen molar-refractivity contribution in [1.82, 2.24) is 4.90 Å². The Morgan fingerprint density at radius 2 is 2.00 bits per heavy atom. The summed E-state index contributed by atoms with van der Waals surface area (Å²) in [4.78, 5) is 26.9. The summed E-state index contributed by atoms with van der Waals surface area (Å²) in [7, 11) is 0. The van der Waals surface area contributed by atoms with Gasteiger partial charge in [-0.15, -0.1) is 11.3 Å². The number of nitrogens with one attached hydrogen (secondary N) is 1. The molecule has 2 amide bonds. The molecule has 5 heteroatoms. The van der Waals surface area contributed by atoms with Crippen LogP contribution < -0.4 is 5.32 Å². The molecule has 1 aliphatic rings. The number of carbonyl (C=O) groups excluding carboxylic acids is 2. The molecule has 0 radical (unpaired) electrons. The lowest BCUT2D eigenvalue weighted by Crippen LogP contribution is -2.37. The summed E-state index contributed by atoms with van der Waals surface area (Å²) in [6.45, 7) is 5.15. The van der Waals surface area contributed by atoms with Crippen molar-refractivity contribution in [2.45, 2.75) is 33.1 Å². The Bertz CT molecular complexity index is 747. The fourth-order valence-corrected chi connectivity index (χ4v) is 3.99. The molecule has 1 N–H and O–H groups in total. The lowest BCUT2D eigenvalue weighted by Gasteiger charge is -2.31. The van der Waals surface area contributed by atoms with Gasteiger partial charge in [0.2, 0.25) is 11.8 Å². The quantitative estimate of drug-likeness (QED) is 0.887. The lowest BCUT2D eigenvalue weighted by molar-refractivity contribution is -0.130. The van der Waals surface area contributed by atoms with E-state index < -0.39 is 0 Å². The van der Waals surface area contributed by atoms with Gasteiger partial charge in [-0.05, 0) is 54.3 Å². The molecule has 4 nitrogen and oxygen atoms in total. The number of hydrogen-bond donors (Lipinski definition) is 1. The monoisotopic (exact) mass is 356 g/mol. The van der Waals surface area contributed by atoms with E-state index in [2.05, 4.69) is 35.0 Å². The van der Waals surface area contributed by atoms with Gasteiger partial charge in [0.25, 0.3) is 0 Å². The fraction of sp³-hybridized carbons (Fsp3) is 0.400. The number of aryl methyl sites for hydroxylation is 1. The third kappa shape index (κ3) is 4.48. The zero-order valence-electron chi connectivity index (χ0n) is 14.7. The Hall–Kier alpha value is -2.14. The third-order valence-electron chi connectivity index (χ3n) is 4.85. The van der Waals surface area contributed by atoms with E-state index in [1.165, 1.54) is 4.88 Å². The molecular weight excluding hydrogens is 332 g/mol. The summed E-state index contributed by atoms with van der Waals surface area (Å²) < 4.78 is 0. The van der Waals surface area contributed by atoms with Crippen LogP contribution in [0.2, 0.25) is 0 Å². The van der Waals surface area contributed by atoms with Gasteiger partial charge in [-0.25, -0.2) is 0 Å². The maximum absolute atomic E-state index is 12.5. The molecular formula is C20H24N2O2S. The number of benzene rings is 1. The van der Waals surface area contributed by atoms with E-state index in [1.54, 1.807) is 18.3 Å². The first-order valence-corrected chi connectivity index (χ1v) is 9.61. The number of likely N-dealkylation sites (tertiary alicyclic amines) is 1. The Kier molecular flexibility index (Phi) is 5.53. The number of nitrogens with zero attached hydrogens (tertiary/aromatic N) is 1. The highest BCUT2D eigenvalue weighted by atomic mass is 32.1. The maximum atomic E-state index is 12.5. The number of hydrogen-bond acceptors (Lipinski definition) is 3. The van der Waals surface area contributed by atoms with Gasteiger partial charge in [-0.3, -0.25) is 9.59 Å². The molecule has 2 heterocycles. The van der Waals surface area contributed by atoms with E-state index in [0.717, 1.165) is 42.7 Å². The molecule has 25 heavy (non-hydrogen) atoms.